The monoisotopic (exact) mass is 502 g/mol. The number of rotatable bonds is 5. The summed E-state index contributed by atoms with van der Waals surface area (Å²) in [6, 6.07) is 8.33. The third-order valence-electron chi connectivity index (χ3n) is 7.12. The summed E-state index contributed by atoms with van der Waals surface area (Å²) < 4.78 is 27.6. The SMILES string of the molecule is Cl.O=c1ccc2ccc(F)c3c2n1CC3CN1CC[C@H](NCc2cc3c(cn2)OCCO3)[C@H](O)C1. The lowest BCUT2D eigenvalue weighted by Gasteiger charge is -2.37. The van der Waals surface area contributed by atoms with Crippen LogP contribution in [0.25, 0.3) is 10.9 Å². The molecule has 0 radical (unpaired) electrons. The summed E-state index contributed by atoms with van der Waals surface area (Å²) in [5, 5.41) is 15.1. The summed E-state index contributed by atoms with van der Waals surface area (Å²) in [6.07, 6.45) is 1.88. The molecule has 0 spiro atoms. The second-order valence-electron chi connectivity index (χ2n) is 9.30. The van der Waals surface area contributed by atoms with Gasteiger partial charge in [0.05, 0.1) is 23.5 Å². The van der Waals surface area contributed by atoms with E-state index in [1.807, 2.05) is 6.07 Å². The van der Waals surface area contributed by atoms with Gasteiger partial charge in [0.25, 0.3) is 5.56 Å². The first-order chi connectivity index (χ1) is 16.6. The smallest absolute Gasteiger partial charge is 0.251 e. The van der Waals surface area contributed by atoms with Crippen molar-refractivity contribution < 1.29 is 19.0 Å². The van der Waals surface area contributed by atoms with E-state index in [1.165, 1.54) is 6.07 Å². The Bertz CT molecular complexity index is 1300. The molecule has 0 saturated carbocycles. The van der Waals surface area contributed by atoms with Gasteiger partial charge in [-0.2, -0.15) is 0 Å². The molecule has 1 fully saturated rings. The number of ether oxygens (including phenoxy) is 2. The van der Waals surface area contributed by atoms with Crippen molar-refractivity contribution in [3.63, 3.8) is 0 Å². The highest BCUT2D eigenvalue weighted by atomic mass is 35.5. The summed E-state index contributed by atoms with van der Waals surface area (Å²) in [5.41, 5.74) is 2.06. The van der Waals surface area contributed by atoms with Gasteiger partial charge in [0, 0.05) is 55.8 Å². The van der Waals surface area contributed by atoms with Gasteiger partial charge >= 0.3 is 0 Å². The molecule has 3 aliphatic rings. The molecule has 1 aromatic carbocycles. The second kappa shape index (κ2) is 9.73. The molecule has 2 N–H and O–H groups in total. The van der Waals surface area contributed by atoms with Gasteiger partial charge in [-0.1, -0.05) is 0 Å². The highest BCUT2D eigenvalue weighted by Crippen LogP contribution is 2.35. The summed E-state index contributed by atoms with van der Waals surface area (Å²) in [7, 11) is 0. The second-order valence-corrected chi connectivity index (χ2v) is 9.30. The molecule has 0 aliphatic carbocycles. The van der Waals surface area contributed by atoms with Crippen molar-refractivity contribution in [3.8, 4) is 11.5 Å². The number of aliphatic hydroxyl groups is 1. The Morgan fingerprint density at radius 1 is 1.14 bits per heavy atom. The van der Waals surface area contributed by atoms with Crippen molar-refractivity contribution in [2.45, 2.75) is 37.6 Å². The minimum atomic E-state index is -0.557. The molecule has 3 aliphatic heterocycles. The molecule has 5 heterocycles. The Balaban J connectivity index is 0.00000253. The molecule has 35 heavy (non-hydrogen) atoms. The third-order valence-corrected chi connectivity index (χ3v) is 7.12. The van der Waals surface area contributed by atoms with Gasteiger partial charge in [0.2, 0.25) is 0 Å². The van der Waals surface area contributed by atoms with Crippen LogP contribution >= 0.6 is 12.4 Å². The fourth-order valence-corrected chi connectivity index (χ4v) is 5.46. The zero-order valence-corrected chi connectivity index (χ0v) is 20.0. The van der Waals surface area contributed by atoms with Crippen LogP contribution in [0.2, 0.25) is 0 Å². The summed E-state index contributed by atoms with van der Waals surface area (Å²) in [5.74, 6) is 0.981. The Morgan fingerprint density at radius 2 is 1.94 bits per heavy atom. The van der Waals surface area contributed by atoms with Gasteiger partial charge in [-0.3, -0.25) is 14.7 Å². The standard InChI is InChI=1S/C25H27FN4O4.ClH/c26-18-3-1-15-2-4-23(32)30-13-16(24(18)25(15)30)12-29-6-5-19(20(31)14-29)28-10-17-9-21-22(11-27-17)34-8-7-33-21;/h1-4,9,11,16,19-20,28,31H,5-8,10,12-14H2;1H/t16?,19-,20+;/m0./s1. The number of nitrogens with one attached hydrogen (secondary N) is 1. The van der Waals surface area contributed by atoms with Crippen LogP contribution in [-0.4, -0.2) is 64.6 Å². The number of fused-ring (bicyclic) bond motifs is 1. The largest absolute Gasteiger partial charge is 0.486 e. The number of nitrogens with zero attached hydrogens (tertiary/aromatic N) is 3. The normalized spacial score (nSPS) is 23.3. The summed E-state index contributed by atoms with van der Waals surface area (Å²) >= 11 is 0. The molecular formula is C25H28ClFN4O4. The first-order valence-electron chi connectivity index (χ1n) is 11.8. The molecule has 0 amide bonds. The van der Waals surface area contributed by atoms with Crippen LogP contribution in [-0.2, 0) is 13.1 Å². The fourth-order valence-electron chi connectivity index (χ4n) is 5.46. The Kier molecular flexibility index (Phi) is 6.67. The molecule has 3 atom stereocenters. The topological polar surface area (TPSA) is 88.9 Å². The molecule has 3 aromatic rings. The van der Waals surface area contributed by atoms with E-state index in [9.17, 15) is 14.3 Å². The third kappa shape index (κ3) is 4.49. The maximum atomic E-state index is 14.8. The van der Waals surface area contributed by atoms with Gasteiger partial charge in [-0.05, 0) is 36.6 Å². The van der Waals surface area contributed by atoms with Crippen LogP contribution < -0.4 is 20.3 Å². The Labute approximate surface area is 208 Å². The molecule has 1 saturated heterocycles. The van der Waals surface area contributed by atoms with Crippen LogP contribution in [0.15, 0.2) is 41.3 Å². The number of pyridine rings is 2. The number of hydrogen-bond donors (Lipinski definition) is 2. The van der Waals surface area contributed by atoms with E-state index in [-0.39, 0.29) is 35.7 Å². The zero-order valence-electron chi connectivity index (χ0n) is 19.2. The van der Waals surface area contributed by atoms with Crippen molar-refractivity contribution in [2.24, 2.45) is 0 Å². The number of halogens is 2. The summed E-state index contributed by atoms with van der Waals surface area (Å²) in [4.78, 5) is 19.0. The van der Waals surface area contributed by atoms with Crippen molar-refractivity contribution in [1.82, 2.24) is 19.8 Å². The van der Waals surface area contributed by atoms with Gasteiger partial charge in [-0.25, -0.2) is 4.39 Å². The Morgan fingerprint density at radius 3 is 2.77 bits per heavy atom. The quantitative estimate of drug-likeness (QED) is 0.552. The van der Waals surface area contributed by atoms with Crippen LogP contribution in [0.3, 0.4) is 0 Å². The molecule has 2 aromatic heterocycles. The van der Waals surface area contributed by atoms with Crippen LogP contribution in [0.5, 0.6) is 11.5 Å². The molecule has 10 heteroatoms. The zero-order chi connectivity index (χ0) is 23.2. The minimum Gasteiger partial charge on any atom is -0.486 e. The summed E-state index contributed by atoms with van der Waals surface area (Å²) in [6.45, 7) is 3.92. The molecule has 186 valence electrons. The lowest BCUT2D eigenvalue weighted by Crippen LogP contribution is -2.53. The van der Waals surface area contributed by atoms with E-state index in [2.05, 4.69) is 15.2 Å². The van der Waals surface area contributed by atoms with Gasteiger partial charge in [-0.15, -0.1) is 12.4 Å². The van der Waals surface area contributed by atoms with Gasteiger partial charge in [0.15, 0.2) is 11.5 Å². The lowest BCUT2D eigenvalue weighted by atomic mass is 9.96. The number of likely N-dealkylation sites (tertiary alicyclic amines) is 1. The van der Waals surface area contributed by atoms with Crippen LogP contribution in [0.1, 0.15) is 23.6 Å². The average molecular weight is 503 g/mol. The number of benzene rings is 1. The van der Waals surface area contributed by atoms with Crippen LogP contribution in [0, 0.1) is 5.82 Å². The maximum absolute atomic E-state index is 14.8. The number of hydrogen-bond acceptors (Lipinski definition) is 7. The van der Waals surface area contributed by atoms with Crippen LogP contribution in [0.4, 0.5) is 4.39 Å². The number of piperidine rings is 1. The maximum Gasteiger partial charge on any atom is 0.251 e. The first-order valence-corrected chi connectivity index (χ1v) is 11.8. The number of aliphatic hydroxyl groups excluding tert-OH is 1. The van der Waals surface area contributed by atoms with E-state index in [1.54, 1.807) is 29.0 Å². The van der Waals surface area contributed by atoms with Crippen molar-refractivity contribution in [2.75, 3.05) is 32.8 Å². The van der Waals surface area contributed by atoms with E-state index < -0.39 is 6.10 Å². The average Bonchev–Trinajstić information content (AvgIpc) is 3.23. The predicted octanol–water partition coefficient (Wildman–Crippen LogP) is 2.05. The molecule has 8 nitrogen and oxygen atoms in total. The van der Waals surface area contributed by atoms with E-state index in [0.717, 1.165) is 24.0 Å². The van der Waals surface area contributed by atoms with Crippen molar-refractivity contribution >= 4 is 23.3 Å². The van der Waals surface area contributed by atoms with Crippen molar-refractivity contribution in [1.29, 1.82) is 0 Å². The Hall–Kier alpha value is -2.72. The first kappa shape index (κ1) is 24.0. The number of β-amino-alcohol motifs (C(OH)–C–C–N with tert-alkyl or cyclic N) is 1. The lowest BCUT2D eigenvalue weighted by molar-refractivity contribution is 0.0367. The molecule has 1 unspecified atom stereocenters. The van der Waals surface area contributed by atoms with E-state index >= 15 is 0 Å². The number of aromatic nitrogens is 2. The minimum absolute atomic E-state index is 0. The fraction of sp³-hybridized carbons (Fsp3) is 0.440. The molecule has 0 bridgehead atoms. The molecule has 6 rings (SSSR count). The van der Waals surface area contributed by atoms with E-state index in [0.29, 0.717) is 62.0 Å². The predicted molar refractivity (Wildman–Crippen MR) is 131 cm³/mol. The van der Waals surface area contributed by atoms with E-state index in [4.69, 9.17) is 9.47 Å². The highest BCUT2D eigenvalue weighted by Gasteiger charge is 2.33. The highest BCUT2D eigenvalue weighted by molar-refractivity contribution is 5.85. The van der Waals surface area contributed by atoms with Gasteiger partial charge in [0.1, 0.15) is 19.0 Å². The van der Waals surface area contributed by atoms with Crippen molar-refractivity contribution in [3.05, 3.63) is 64.0 Å². The molecular weight excluding hydrogens is 475 g/mol. The van der Waals surface area contributed by atoms with Gasteiger partial charge < -0.3 is 24.5 Å².